The highest BCUT2D eigenvalue weighted by molar-refractivity contribution is 6.30. The van der Waals surface area contributed by atoms with E-state index in [0.717, 1.165) is 39.6 Å². The second kappa shape index (κ2) is 10.5. The highest BCUT2D eigenvalue weighted by Gasteiger charge is 2.24. The van der Waals surface area contributed by atoms with Gasteiger partial charge in [-0.3, -0.25) is 4.79 Å². The second-order valence-corrected chi connectivity index (χ2v) is 8.33. The van der Waals surface area contributed by atoms with Crippen molar-refractivity contribution >= 4 is 17.6 Å². The van der Waals surface area contributed by atoms with Gasteiger partial charge in [-0.1, -0.05) is 47.9 Å². The van der Waals surface area contributed by atoms with Crippen LogP contribution in [-0.4, -0.2) is 13.1 Å². The summed E-state index contributed by atoms with van der Waals surface area (Å²) in [5.74, 6) is 7.17. The Hall–Kier alpha value is -3.42. The van der Waals surface area contributed by atoms with Crippen LogP contribution in [0.25, 0.3) is 0 Å². The van der Waals surface area contributed by atoms with E-state index in [4.69, 9.17) is 25.8 Å². The fourth-order valence-corrected chi connectivity index (χ4v) is 4.02. The molecule has 0 radical (unpaired) electrons. The second-order valence-electron chi connectivity index (χ2n) is 7.89. The molecule has 168 valence electrons. The summed E-state index contributed by atoms with van der Waals surface area (Å²) in [5.41, 5.74) is 4.34. The molecule has 2 atom stereocenters. The molecule has 4 rings (SSSR count). The van der Waals surface area contributed by atoms with Gasteiger partial charge in [0.25, 0.3) is 0 Å². The Morgan fingerprint density at radius 3 is 2.58 bits per heavy atom. The molecule has 0 saturated carbocycles. The summed E-state index contributed by atoms with van der Waals surface area (Å²) in [7, 11) is 1.39. The number of rotatable bonds is 7. The Balaban J connectivity index is 1.37. The van der Waals surface area contributed by atoms with Gasteiger partial charge < -0.3 is 14.2 Å². The number of benzene rings is 3. The van der Waals surface area contributed by atoms with Gasteiger partial charge in [0.1, 0.15) is 24.2 Å². The average Bonchev–Trinajstić information content (AvgIpc) is 3.26. The minimum absolute atomic E-state index is 0.00475. The van der Waals surface area contributed by atoms with Gasteiger partial charge in [0.2, 0.25) is 0 Å². The Labute approximate surface area is 199 Å². The van der Waals surface area contributed by atoms with Gasteiger partial charge in [-0.05, 0) is 65.6 Å². The third-order valence-electron chi connectivity index (χ3n) is 5.65. The number of esters is 1. The fourth-order valence-electron chi connectivity index (χ4n) is 3.89. The number of halogens is 1. The molecule has 0 aromatic heterocycles. The van der Waals surface area contributed by atoms with Gasteiger partial charge >= 0.3 is 5.97 Å². The molecule has 0 bridgehead atoms. The van der Waals surface area contributed by atoms with E-state index < -0.39 is 0 Å². The number of fused-ring (bicyclic) bond motifs is 1. The van der Waals surface area contributed by atoms with E-state index in [0.29, 0.717) is 6.61 Å². The van der Waals surface area contributed by atoms with Crippen molar-refractivity contribution in [2.75, 3.05) is 7.11 Å². The minimum atomic E-state index is -0.276. The van der Waals surface area contributed by atoms with Gasteiger partial charge in [-0.15, -0.1) is 5.92 Å². The van der Waals surface area contributed by atoms with Crippen molar-refractivity contribution in [2.24, 2.45) is 0 Å². The first kappa shape index (κ1) is 22.8. The molecular formula is C28H25ClO4. The van der Waals surface area contributed by atoms with Crippen LogP contribution < -0.4 is 9.47 Å². The molecule has 3 aromatic rings. The molecule has 1 aliphatic rings. The van der Waals surface area contributed by atoms with Crippen molar-refractivity contribution in [2.45, 2.75) is 38.4 Å². The minimum Gasteiger partial charge on any atom is -0.489 e. The van der Waals surface area contributed by atoms with Crippen LogP contribution in [-0.2, 0) is 22.6 Å². The standard InChI is InChI=1S/C28H25ClO4/c1-3-4-22(17-28(30)31-2)20-8-12-25(13-9-20)32-18-19-5-14-26-23(15-19)16-27(33-26)21-6-10-24(29)11-7-21/h5-15,22,27H,16-18H2,1-2H3/t22-,27+/m0/s1. The first-order chi connectivity index (χ1) is 16.1. The Morgan fingerprint density at radius 1 is 1.12 bits per heavy atom. The molecule has 3 aromatic carbocycles. The van der Waals surface area contributed by atoms with Gasteiger partial charge in [0.15, 0.2) is 0 Å². The highest BCUT2D eigenvalue weighted by Crippen LogP contribution is 2.37. The molecule has 1 aliphatic heterocycles. The largest absolute Gasteiger partial charge is 0.489 e. The van der Waals surface area contributed by atoms with Crippen LogP contribution >= 0.6 is 11.6 Å². The van der Waals surface area contributed by atoms with Crippen LogP contribution in [0, 0.1) is 11.8 Å². The van der Waals surface area contributed by atoms with E-state index in [-0.39, 0.29) is 24.4 Å². The number of ether oxygens (including phenoxy) is 3. The van der Waals surface area contributed by atoms with Crippen molar-refractivity contribution in [1.29, 1.82) is 0 Å². The van der Waals surface area contributed by atoms with Gasteiger partial charge in [0, 0.05) is 11.4 Å². The zero-order valence-corrected chi connectivity index (χ0v) is 19.4. The first-order valence-corrected chi connectivity index (χ1v) is 11.2. The van der Waals surface area contributed by atoms with Crippen molar-refractivity contribution < 1.29 is 19.0 Å². The van der Waals surface area contributed by atoms with E-state index in [9.17, 15) is 4.79 Å². The first-order valence-electron chi connectivity index (χ1n) is 10.8. The predicted octanol–water partition coefficient (Wildman–Crippen LogP) is 6.27. The lowest BCUT2D eigenvalue weighted by Gasteiger charge is -2.12. The molecule has 5 heteroatoms. The lowest BCUT2D eigenvalue weighted by molar-refractivity contribution is -0.140. The monoisotopic (exact) mass is 460 g/mol. The van der Waals surface area contributed by atoms with Crippen LogP contribution in [0.4, 0.5) is 0 Å². The van der Waals surface area contributed by atoms with Crippen molar-refractivity contribution in [3.05, 3.63) is 94.0 Å². The van der Waals surface area contributed by atoms with Crippen LogP contribution in [0.15, 0.2) is 66.7 Å². The lowest BCUT2D eigenvalue weighted by atomic mass is 9.96. The van der Waals surface area contributed by atoms with Crippen molar-refractivity contribution in [3.8, 4) is 23.3 Å². The maximum Gasteiger partial charge on any atom is 0.307 e. The zero-order chi connectivity index (χ0) is 23.2. The van der Waals surface area contributed by atoms with Gasteiger partial charge in [-0.25, -0.2) is 0 Å². The van der Waals surface area contributed by atoms with E-state index in [1.165, 1.54) is 12.7 Å². The Kier molecular flexibility index (Phi) is 7.22. The molecule has 0 fully saturated rings. The summed E-state index contributed by atoms with van der Waals surface area (Å²) >= 11 is 6.00. The normalized spacial score (nSPS) is 14.9. The summed E-state index contributed by atoms with van der Waals surface area (Å²) in [5, 5.41) is 0.721. The maximum absolute atomic E-state index is 11.7. The van der Waals surface area contributed by atoms with Crippen LogP contribution in [0.1, 0.15) is 47.6 Å². The number of carbonyl (C=O) groups excluding carboxylic acids is 1. The van der Waals surface area contributed by atoms with Crippen LogP contribution in [0.3, 0.4) is 0 Å². The van der Waals surface area contributed by atoms with Crippen molar-refractivity contribution in [3.63, 3.8) is 0 Å². The molecule has 4 nitrogen and oxygen atoms in total. The summed E-state index contributed by atoms with van der Waals surface area (Å²) < 4.78 is 16.9. The Bertz CT molecular complexity index is 1170. The van der Waals surface area contributed by atoms with Crippen LogP contribution in [0.2, 0.25) is 5.02 Å². The predicted molar refractivity (Wildman–Crippen MR) is 129 cm³/mol. The molecule has 1 heterocycles. The van der Waals surface area contributed by atoms with Crippen molar-refractivity contribution in [1.82, 2.24) is 0 Å². The summed E-state index contributed by atoms with van der Waals surface area (Å²) in [6, 6.07) is 21.7. The Morgan fingerprint density at radius 2 is 1.88 bits per heavy atom. The summed E-state index contributed by atoms with van der Waals surface area (Å²) in [6.45, 7) is 2.22. The molecule has 33 heavy (non-hydrogen) atoms. The van der Waals surface area contributed by atoms with E-state index >= 15 is 0 Å². The molecule has 0 amide bonds. The third kappa shape index (κ3) is 5.69. The van der Waals surface area contributed by atoms with Gasteiger partial charge in [0.05, 0.1) is 19.4 Å². The molecule has 0 aliphatic carbocycles. The smallest absolute Gasteiger partial charge is 0.307 e. The highest BCUT2D eigenvalue weighted by atomic mass is 35.5. The number of methoxy groups -OCH3 is 1. The number of hydrogen-bond acceptors (Lipinski definition) is 4. The zero-order valence-electron chi connectivity index (χ0n) is 18.6. The van der Waals surface area contributed by atoms with Crippen LogP contribution in [0.5, 0.6) is 11.5 Å². The molecule has 0 N–H and O–H groups in total. The SMILES string of the molecule is CC#C[C@@H](CC(=O)OC)c1ccc(OCc2ccc3c(c2)C[C@H](c2ccc(Cl)cc2)O3)cc1. The van der Waals surface area contributed by atoms with E-state index in [1.807, 2.05) is 60.7 Å². The molecular weight excluding hydrogens is 436 g/mol. The molecule has 0 saturated heterocycles. The molecule has 0 spiro atoms. The lowest BCUT2D eigenvalue weighted by Crippen LogP contribution is -2.07. The maximum atomic E-state index is 11.7. The van der Waals surface area contributed by atoms with E-state index in [2.05, 4.69) is 17.9 Å². The molecule has 0 unspecified atom stereocenters. The number of hydrogen-bond donors (Lipinski definition) is 0. The van der Waals surface area contributed by atoms with E-state index in [1.54, 1.807) is 6.92 Å². The fraction of sp³-hybridized carbons (Fsp3) is 0.250. The summed E-state index contributed by atoms with van der Waals surface area (Å²) in [6.07, 6.45) is 1.05. The quantitative estimate of drug-likeness (QED) is 0.308. The average molecular weight is 461 g/mol. The summed E-state index contributed by atoms with van der Waals surface area (Å²) in [4.78, 5) is 11.7. The third-order valence-corrected chi connectivity index (χ3v) is 5.90. The topological polar surface area (TPSA) is 44.8 Å². The number of carbonyl (C=O) groups is 1. The van der Waals surface area contributed by atoms with Gasteiger partial charge in [-0.2, -0.15) is 0 Å².